The number of ether oxygens (including phenoxy) is 1. The van der Waals surface area contributed by atoms with Crippen LogP contribution < -0.4 is 4.72 Å². The van der Waals surface area contributed by atoms with E-state index >= 15 is 0 Å². The molecule has 0 aliphatic heterocycles. The lowest BCUT2D eigenvalue weighted by molar-refractivity contribution is -0.149. The van der Waals surface area contributed by atoms with E-state index in [9.17, 15) is 18.0 Å². The van der Waals surface area contributed by atoms with Crippen molar-refractivity contribution >= 4 is 37.7 Å². The topological polar surface area (TPSA) is 89.5 Å². The number of esters is 1. The highest BCUT2D eigenvalue weighted by Gasteiger charge is 2.22. The van der Waals surface area contributed by atoms with Gasteiger partial charge in [-0.05, 0) is 31.5 Å². The Hall–Kier alpha value is -1.25. The van der Waals surface area contributed by atoms with Crippen LogP contribution in [0.1, 0.15) is 38.3 Å². The second-order valence-corrected chi connectivity index (χ2v) is 8.15. The Morgan fingerprint density at radius 3 is 2.48 bits per heavy atom. The van der Waals surface area contributed by atoms with Gasteiger partial charge < -0.3 is 4.74 Å². The molecule has 8 heteroatoms. The van der Waals surface area contributed by atoms with Crippen molar-refractivity contribution < 1.29 is 22.7 Å². The Labute approximate surface area is 144 Å². The molecule has 1 aromatic rings. The van der Waals surface area contributed by atoms with Gasteiger partial charge in [-0.3, -0.25) is 9.59 Å². The van der Waals surface area contributed by atoms with Crippen LogP contribution in [0.5, 0.6) is 0 Å². The smallest absolute Gasteiger partial charge is 0.313 e. The van der Waals surface area contributed by atoms with Crippen LogP contribution in [0.4, 0.5) is 0 Å². The third kappa shape index (κ3) is 8.24. The highest BCUT2D eigenvalue weighted by atomic mass is 79.9. The van der Waals surface area contributed by atoms with Gasteiger partial charge in [0, 0.05) is 10.9 Å². The zero-order valence-corrected chi connectivity index (χ0v) is 15.6. The molecular formula is C15H20BrNO5S. The van der Waals surface area contributed by atoms with Crippen molar-refractivity contribution in [3.63, 3.8) is 0 Å². The van der Waals surface area contributed by atoms with Crippen molar-refractivity contribution in [2.24, 2.45) is 0 Å². The Balaban J connectivity index is 2.85. The number of nitrogens with one attached hydrogen (secondary N) is 1. The van der Waals surface area contributed by atoms with Crippen LogP contribution in [0, 0.1) is 0 Å². The fourth-order valence-corrected chi connectivity index (χ4v) is 3.13. The summed E-state index contributed by atoms with van der Waals surface area (Å²) in [6, 6.07) is 6.24. The molecule has 0 aromatic heterocycles. The summed E-state index contributed by atoms with van der Waals surface area (Å²) in [6.45, 7) is 3.38. The molecule has 1 atom stereocenters. The molecule has 0 heterocycles. The first-order chi connectivity index (χ1) is 10.6. The monoisotopic (exact) mass is 405 g/mol. The van der Waals surface area contributed by atoms with Gasteiger partial charge in [0.15, 0.2) is 0 Å². The second-order valence-electron chi connectivity index (χ2n) is 5.46. The van der Waals surface area contributed by atoms with E-state index in [1.807, 2.05) is 0 Å². The second kappa shape index (κ2) is 8.56. The number of hydrogen-bond acceptors (Lipinski definition) is 5. The molecular weight excluding hydrogens is 386 g/mol. The third-order valence-electron chi connectivity index (χ3n) is 2.75. The van der Waals surface area contributed by atoms with Crippen LogP contribution in [0.2, 0.25) is 0 Å². The molecule has 0 aliphatic rings. The fourth-order valence-electron chi connectivity index (χ4n) is 1.97. The zero-order chi connectivity index (χ0) is 17.6. The minimum absolute atomic E-state index is 0.128. The standard InChI is InChI=1S/C15H20BrNO5S/c1-10(2)22-15(19)9-13(18)8-14(17-23(3,20)21)11-5-4-6-12(16)7-11/h4-7,10,14,17H,8-9H2,1-3H3. The molecule has 23 heavy (non-hydrogen) atoms. The van der Waals surface area contributed by atoms with Crippen LogP contribution in [0.15, 0.2) is 28.7 Å². The number of benzene rings is 1. The summed E-state index contributed by atoms with van der Waals surface area (Å²) in [4.78, 5) is 23.6. The van der Waals surface area contributed by atoms with Crippen molar-refractivity contribution in [3.8, 4) is 0 Å². The van der Waals surface area contributed by atoms with E-state index < -0.39 is 27.8 Å². The van der Waals surface area contributed by atoms with E-state index in [4.69, 9.17) is 4.74 Å². The lowest BCUT2D eigenvalue weighted by atomic mass is 10.0. The predicted molar refractivity (Wildman–Crippen MR) is 90.3 cm³/mol. The first kappa shape index (κ1) is 19.8. The van der Waals surface area contributed by atoms with Gasteiger partial charge in [0.2, 0.25) is 10.0 Å². The maximum absolute atomic E-state index is 12.0. The minimum atomic E-state index is -3.51. The number of Topliss-reactive ketones (excluding diaryl/α,β-unsaturated/α-hetero) is 1. The number of carbonyl (C=O) groups is 2. The van der Waals surface area contributed by atoms with Crippen molar-refractivity contribution in [1.82, 2.24) is 4.72 Å². The molecule has 128 valence electrons. The van der Waals surface area contributed by atoms with Gasteiger partial charge in [-0.2, -0.15) is 0 Å². The van der Waals surface area contributed by atoms with Gasteiger partial charge in [-0.1, -0.05) is 28.1 Å². The summed E-state index contributed by atoms with van der Waals surface area (Å²) < 4.78 is 31.2. The normalized spacial score (nSPS) is 12.9. The molecule has 1 unspecified atom stereocenters. The van der Waals surface area contributed by atoms with E-state index in [-0.39, 0.29) is 18.9 Å². The Kier molecular flexibility index (Phi) is 7.37. The summed E-state index contributed by atoms with van der Waals surface area (Å²) in [7, 11) is -3.51. The summed E-state index contributed by atoms with van der Waals surface area (Å²) in [5.41, 5.74) is 0.635. The van der Waals surface area contributed by atoms with E-state index in [1.165, 1.54) is 0 Å². The molecule has 1 aromatic carbocycles. The zero-order valence-electron chi connectivity index (χ0n) is 13.2. The van der Waals surface area contributed by atoms with Crippen LogP contribution in [-0.2, 0) is 24.3 Å². The highest BCUT2D eigenvalue weighted by Crippen LogP contribution is 2.22. The largest absolute Gasteiger partial charge is 0.463 e. The van der Waals surface area contributed by atoms with Crippen molar-refractivity contribution in [2.75, 3.05) is 6.26 Å². The first-order valence-corrected chi connectivity index (χ1v) is 9.69. The highest BCUT2D eigenvalue weighted by molar-refractivity contribution is 9.10. The molecule has 0 aliphatic carbocycles. The van der Waals surface area contributed by atoms with Gasteiger partial charge in [0.25, 0.3) is 0 Å². The number of hydrogen-bond donors (Lipinski definition) is 1. The minimum Gasteiger partial charge on any atom is -0.463 e. The lowest BCUT2D eigenvalue weighted by Gasteiger charge is -2.17. The number of rotatable bonds is 8. The SMILES string of the molecule is CC(C)OC(=O)CC(=O)CC(NS(C)(=O)=O)c1cccc(Br)c1. The van der Waals surface area contributed by atoms with Crippen LogP contribution in [-0.4, -0.2) is 32.5 Å². The van der Waals surface area contributed by atoms with E-state index in [0.717, 1.165) is 10.7 Å². The molecule has 0 spiro atoms. The first-order valence-electron chi connectivity index (χ1n) is 7.01. The molecule has 0 saturated carbocycles. The molecule has 0 fully saturated rings. The van der Waals surface area contributed by atoms with Gasteiger partial charge in [-0.15, -0.1) is 0 Å². The van der Waals surface area contributed by atoms with Gasteiger partial charge in [0.05, 0.1) is 18.4 Å². The Bertz CT molecular complexity index is 672. The fraction of sp³-hybridized carbons (Fsp3) is 0.467. The van der Waals surface area contributed by atoms with Crippen LogP contribution >= 0.6 is 15.9 Å². The van der Waals surface area contributed by atoms with E-state index in [2.05, 4.69) is 20.7 Å². The molecule has 0 bridgehead atoms. The Morgan fingerprint density at radius 2 is 1.96 bits per heavy atom. The molecule has 1 rings (SSSR count). The molecule has 0 saturated heterocycles. The average Bonchev–Trinajstić information content (AvgIpc) is 2.34. The average molecular weight is 406 g/mol. The quantitative estimate of drug-likeness (QED) is 0.529. The van der Waals surface area contributed by atoms with Crippen molar-refractivity contribution in [3.05, 3.63) is 34.3 Å². The summed E-state index contributed by atoms with van der Waals surface area (Å²) in [6.07, 6.45) is 0.214. The van der Waals surface area contributed by atoms with Crippen LogP contribution in [0.25, 0.3) is 0 Å². The third-order valence-corrected chi connectivity index (χ3v) is 3.95. The summed E-state index contributed by atoms with van der Waals surface area (Å²) in [5, 5.41) is 0. The van der Waals surface area contributed by atoms with Crippen molar-refractivity contribution in [1.29, 1.82) is 0 Å². The number of sulfonamides is 1. The van der Waals surface area contributed by atoms with E-state index in [0.29, 0.717) is 5.56 Å². The van der Waals surface area contributed by atoms with Crippen LogP contribution in [0.3, 0.4) is 0 Å². The summed E-state index contributed by atoms with van der Waals surface area (Å²) in [5.74, 6) is -1.01. The maximum atomic E-state index is 12.0. The van der Waals surface area contributed by atoms with Gasteiger partial charge in [-0.25, -0.2) is 13.1 Å². The number of ketones is 1. The predicted octanol–water partition coefficient (Wildman–Crippen LogP) is 2.34. The Morgan fingerprint density at radius 1 is 1.30 bits per heavy atom. The van der Waals surface area contributed by atoms with Gasteiger partial charge in [0.1, 0.15) is 12.2 Å². The molecule has 1 N–H and O–H groups in total. The number of carbonyl (C=O) groups excluding carboxylic acids is 2. The van der Waals surface area contributed by atoms with E-state index in [1.54, 1.807) is 38.1 Å². The number of halogens is 1. The maximum Gasteiger partial charge on any atom is 0.313 e. The molecule has 6 nitrogen and oxygen atoms in total. The lowest BCUT2D eigenvalue weighted by Crippen LogP contribution is -2.30. The molecule has 0 amide bonds. The summed E-state index contributed by atoms with van der Waals surface area (Å²) >= 11 is 3.31. The van der Waals surface area contributed by atoms with Gasteiger partial charge >= 0.3 is 5.97 Å². The van der Waals surface area contributed by atoms with Crippen molar-refractivity contribution in [2.45, 2.75) is 38.8 Å². The molecule has 0 radical (unpaired) electrons.